The molecule has 0 spiro atoms. The number of hydrogen-bond donors (Lipinski definition) is 4. The molecule has 0 radical (unpaired) electrons. The number of likely N-dealkylation sites (tertiary alicyclic amines) is 1. The lowest BCUT2D eigenvalue weighted by Crippen LogP contribution is -2.56. The number of carbonyl (C=O) groups is 2. The molecule has 0 unspecified atom stereocenters. The lowest BCUT2D eigenvalue weighted by Gasteiger charge is -2.45. The number of halogens is 1. The van der Waals surface area contributed by atoms with Crippen LogP contribution in [-0.4, -0.2) is 62.6 Å². The van der Waals surface area contributed by atoms with E-state index in [9.17, 15) is 19.1 Å². The third kappa shape index (κ3) is 6.85. The van der Waals surface area contributed by atoms with E-state index in [4.69, 9.17) is 12.2 Å². The monoisotopic (exact) mass is 529 g/mol. The number of hydrogen-bond acceptors (Lipinski definition) is 4. The Balaban J connectivity index is 1.40. The van der Waals surface area contributed by atoms with Crippen molar-refractivity contribution in [3.8, 4) is 0 Å². The SMILES string of the molecule is O=C([C@@H](Cc1ccc(F)cc1)NC(=S)NCCc1c[nH]cn1)N1CCC(C(=O)O)(C2CCCCC2)CC1. The number of nitrogens with zero attached hydrogens (tertiary/aromatic N) is 2. The minimum atomic E-state index is -0.750. The lowest BCUT2D eigenvalue weighted by atomic mass is 9.64. The van der Waals surface area contributed by atoms with Gasteiger partial charge >= 0.3 is 5.97 Å². The molecule has 200 valence electrons. The van der Waals surface area contributed by atoms with Gasteiger partial charge in [0, 0.05) is 38.7 Å². The minimum absolute atomic E-state index is 0.122. The summed E-state index contributed by atoms with van der Waals surface area (Å²) in [6, 6.07) is 5.44. The molecule has 10 heteroatoms. The van der Waals surface area contributed by atoms with Crippen LogP contribution in [0.3, 0.4) is 0 Å². The molecule has 1 atom stereocenters. The van der Waals surface area contributed by atoms with Crippen LogP contribution in [0.4, 0.5) is 4.39 Å². The van der Waals surface area contributed by atoms with Gasteiger partial charge in [-0.25, -0.2) is 9.37 Å². The van der Waals surface area contributed by atoms with E-state index in [1.165, 1.54) is 18.6 Å². The molecule has 8 nitrogen and oxygen atoms in total. The average Bonchev–Trinajstić information content (AvgIpc) is 3.43. The molecule has 1 saturated carbocycles. The predicted molar refractivity (Wildman–Crippen MR) is 142 cm³/mol. The summed E-state index contributed by atoms with van der Waals surface area (Å²) in [6.45, 7) is 1.37. The number of aromatic nitrogens is 2. The van der Waals surface area contributed by atoms with Crippen molar-refractivity contribution >= 4 is 29.2 Å². The number of thiocarbonyl (C=S) groups is 1. The van der Waals surface area contributed by atoms with Crippen LogP contribution in [0, 0.1) is 17.2 Å². The van der Waals surface area contributed by atoms with Gasteiger partial charge in [-0.2, -0.15) is 0 Å². The van der Waals surface area contributed by atoms with Gasteiger partial charge < -0.3 is 25.6 Å². The first-order valence-corrected chi connectivity index (χ1v) is 13.6. The van der Waals surface area contributed by atoms with Gasteiger partial charge in [0.05, 0.1) is 17.4 Å². The predicted octanol–water partition coefficient (Wildman–Crippen LogP) is 3.44. The van der Waals surface area contributed by atoms with E-state index in [1.807, 2.05) is 6.20 Å². The van der Waals surface area contributed by atoms with Crippen LogP contribution in [0.25, 0.3) is 0 Å². The molecule has 1 saturated heterocycles. The Hall–Kier alpha value is -3.01. The van der Waals surface area contributed by atoms with Crippen LogP contribution < -0.4 is 10.6 Å². The fourth-order valence-electron chi connectivity index (χ4n) is 5.80. The topological polar surface area (TPSA) is 110 Å². The van der Waals surface area contributed by atoms with Crippen molar-refractivity contribution in [2.75, 3.05) is 19.6 Å². The zero-order valence-corrected chi connectivity index (χ0v) is 21.9. The third-order valence-electron chi connectivity index (χ3n) is 7.96. The number of H-pyrrole nitrogens is 1. The van der Waals surface area contributed by atoms with Crippen molar-refractivity contribution in [1.29, 1.82) is 0 Å². The molecule has 1 aliphatic carbocycles. The van der Waals surface area contributed by atoms with Gasteiger partial charge in [-0.1, -0.05) is 31.4 Å². The Morgan fingerprint density at radius 2 is 1.89 bits per heavy atom. The highest BCUT2D eigenvalue weighted by atomic mass is 32.1. The maximum atomic E-state index is 13.7. The number of aromatic amines is 1. The van der Waals surface area contributed by atoms with Crippen molar-refractivity contribution in [2.45, 2.75) is 63.8 Å². The number of carbonyl (C=O) groups excluding carboxylic acids is 1. The molecule has 2 heterocycles. The Kier molecular flexibility index (Phi) is 9.13. The summed E-state index contributed by atoms with van der Waals surface area (Å²) in [7, 11) is 0. The highest BCUT2D eigenvalue weighted by Gasteiger charge is 2.48. The smallest absolute Gasteiger partial charge is 0.310 e. The van der Waals surface area contributed by atoms with E-state index in [-0.39, 0.29) is 17.6 Å². The fraction of sp³-hybridized carbons (Fsp3) is 0.556. The van der Waals surface area contributed by atoms with Crippen molar-refractivity contribution in [3.63, 3.8) is 0 Å². The number of aliphatic carboxylic acids is 1. The van der Waals surface area contributed by atoms with Crippen LogP contribution in [0.1, 0.15) is 56.2 Å². The summed E-state index contributed by atoms with van der Waals surface area (Å²) < 4.78 is 13.5. The number of amides is 1. The lowest BCUT2D eigenvalue weighted by molar-refractivity contribution is -0.160. The number of benzene rings is 1. The summed E-state index contributed by atoms with van der Waals surface area (Å²) in [5, 5.41) is 16.8. The number of rotatable bonds is 9. The van der Waals surface area contributed by atoms with E-state index < -0.39 is 17.4 Å². The van der Waals surface area contributed by atoms with Crippen LogP contribution in [-0.2, 0) is 22.4 Å². The molecule has 4 rings (SSSR count). The van der Waals surface area contributed by atoms with Gasteiger partial charge in [-0.3, -0.25) is 9.59 Å². The van der Waals surface area contributed by atoms with Crippen molar-refractivity contribution in [2.24, 2.45) is 11.3 Å². The molecule has 2 aromatic rings. The van der Waals surface area contributed by atoms with Crippen LogP contribution in [0.15, 0.2) is 36.8 Å². The average molecular weight is 530 g/mol. The largest absolute Gasteiger partial charge is 0.481 e. The van der Waals surface area contributed by atoms with Gasteiger partial charge in [0.25, 0.3) is 0 Å². The highest BCUT2D eigenvalue weighted by molar-refractivity contribution is 7.80. The molecule has 1 amide bonds. The van der Waals surface area contributed by atoms with E-state index in [0.717, 1.165) is 36.9 Å². The Labute approximate surface area is 222 Å². The van der Waals surface area contributed by atoms with E-state index in [1.54, 1.807) is 23.4 Å². The van der Waals surface area contributed by atoms with E-state index in [0.29, 0.717) is 50.4 Å². The second-order valence-electron chi connectivity index (χ2n) is 10.2. The standard InChI is InChI=1S/C27H36FN5O3S/c28-21-8-6-19(7-9-21)16-23(32-26(37)30-13-10-22-17-29-18-31-22)24(34)33-14-11-27(12-15-33,25(35)36)20-4-2-1-3-5-20/h6-9,17-18,20,23H,1-5,10-16H2,(H,29,31)(H,35,36)(H2,30,32,37)/t23-/m1/s1. The minimum Gasteiger partial charge on any atom is -0.481 e. The Morgan fingerprint density at radius 3 is 2.51 bits per heavy atom. The summed E-state index contributed by atoms with van der Waals surface area (Å²) in [6.07, 6.45) is 10.6. The van der Waals surface area contributed by atoms with Crippen LogP contribution in [0.2, 0.25) is 0 Å². The molecule has 37 heavy (non-hydrogen) atoms. The molecule has 0 bridgehead atoms. The summed E-state index contributed by atoms with van der Waals surface area (Å²) in [5.74, 6) is -1.01. The number of carboxylic acids is 1. The number of carboxylic acid groups (broad SMARTS) is 1. The number of nitrogens with one attached hydrogen (secondary N) is 3. The second kappa shape index (κ2) is 12.5. The number of imidazole rings is 1. The normalized spacial score (nSPS) is 18.7. The zero-order chi connectivity index (χ0) is 26.3. The van der Waals surface area contributed by atoms with Gasteiger partial charge in [0.2, 0.25) is 5.91 Å². The van der Waals surface area contributed by atoms with Crippen molar-refractivity contribution < 1.29 is 19.1 Å². The first-order chi connectivity index (χ1) is 17.9. The van der Waals surface area contributed by atoms with Gasteiger partial charge in [-0.15, -0.1) is 0 Å². The molecular formula is C27H36FN5O3S. The maximum Gasteiger partial charge on any atom is 0.310 e. The van der Waals surface area contributed by atoms with Crippen LogP contribution >= 0.6 is 12.2 Å². The molecule has 1 aromatic heterocycles. The van der Waals surface area contributed by atoms with E-state index >= 15 is 0 Å². The molecule has 2 fully saturated rings. The first kappa shape index (κ1) is 27.0. The Morgan fingerprint density at radius 1 is 1.19 bits per heavy atom. The molecule has 4 N–H and O–H groups in total. The summed E-state index contributed by atoms with van der Waals surface area (Å²) >= 11 is 5.48. The van der Waals surface area contributed by atoms with Gasteiger partial charge in [-0.05, 0) is 61.5 Å². The molecular weight excluding hydrogens is 493 g/mol. The first-order valence-electron chi connectivity index (χ1n) is 13.2. The van der Waals surface area contributed by atoms with Crippen LogP contribution in [0.5, 0.6) is 0 Å². The van der Waals surface area contributed by atoms with E-state index in [2.05, 4.69) is 20.6 Å². The van der Waals surface area contributed by atoms with Crippen molar-refractivity contribution in [3.05, 3.63) is 53.9 Å². The quantitative estimate of drug-likeness (QED) is 0.369. The molecule has 1 aliphatic heterocycles. The molecule has 2 aliphatic rings. The fourth-order valence-corrected chi connectivity index (χ4v) is 6.04. The summed E-state index contributed by atoms with van der Waals surface area (Å²) in [4.78, 5) is 34.9. The van der Waals surface area contributed by atoms with Gasteiger partial charge in [0.1, 0.15) is 11.9 Å². The zero-order valence-electron chi connectivity index (χ0n) is 21.0. The van der Waals surface area contributed by atoms with Crippen molar-refractivity contribution in [1.82, 2.24) is 25.5 Å². The van der Waals surface area contributed by atoms with Gasteiger partial charge in [0.15, 0.2) is 5.11 Å². The second-order valence-corrected chi connectivity index (χ2v) is 10.6. The molecule has 1 aromatic carbocycles. The number of piperidine rings is 1. The Bertz CT molecular complexity index is 1050. The maximum absolute atomic E-state index is 13.7. The highest BCUT2D eigenvalue weighted by Crippen LogP contribution is 2.46. The third-order valence-corrected chi connectivity index (χ3v) is 8.22. The summed E-state index contributed by atoms with van der Waals surface area (Å²) in [5.41, 5.74) is 0.966.